The first-order chi connectivity index (χ1) is 15.7. The van der Waals surface area contributed by atoms with E-state index in [9.17, 15) is 10.1 Å². The van der Waals surface area contributed by atoms with Gasteiger partial charge in [-0.1, -0.05) is 18.2 Å². The fourth-order valence-corrected chi connectivity index (χ4v) is 4.50. The number of nitrogens with one attached hydrogen (secondary N) is 2. The van der Waals surface area contributed by atoms with E-state index in [-0.39, 0.29) is 12.7 Å². The first-order valence-electron chi connectivity index (χ1n) is 10.2. The van der Waals surface area contributed by atoms with Gasteiger partial charge in [0.1, 0.15) is 6.61 Å². The summed E-state index contributed by atoms with van der Waals surface area (Å²) in [6.07, 6.45) is -0.255. The number of thiocarbonyl (C=S) groups is 1. The third kappa shape index (κ3) is 5.75. The quantitative estimate of drug-likeness (QED) is 0.283. The molecule has 0 fully saturated rings. The summed E-state index contributed by atoms with van der Waals surface area (Å²) in [6.45, 7) is 5.62. The number of halogens is 1. The highest BCUT2D eigenvalue weighted by Crippen LogP contribution is 2.39. The maximum atomic E-state index is 12.8. The van der Waals surface area contributed by atoms with E-state index < -0.39 is 12.0 Å². The molecular weight excluding hydrogens is 553 g/mol. The van der Waals surface area contributed by atoms with Crippen molar-refractivity contribution in [1.29, 1.82) is 5.26 Å². The Kier molecular flexibility index (Phi) is 8.15. The number of carbonyl (C=O) groups is 1. The summed E-state index contributed by atoms with van der Waals surface area (Å²) in [6, 6.07) is 12.7. The van der Waals surface area contributed by atoms with Gasteiger partial charge in [-0.3, -0.25) is 0 Å². The Labute approximate surface area is 212 Å². The van der Waals surface area contributed by atoms with Crippen molar-refractivity contribution < 1.29 is 19.0 Å². The second-order valence-electron chi connectivity index (χ2n) is 7.62. The number of hydrogen-bond donors (Lipinski definition) is 2. The van der Waals surface area contributed by atoms with Crippen LogP contribution in [0, 0.1) is 14.9 Å². The molecule has 0 aliphatic carbocycles. The standard InChI is InChI=1S/C24H24IN3O4S/c1-13(2)32-23(29)20-14(3)27-24(33)28-21(20)17-9-18(25)22(19(10-17)30-4)31-12-16-8-6-5-7-15(16)11-26/h5-10,13,21H,12H2,1-4H3,(H2,27,28,33). The number of allylic oxidation sites excluding steroid dienone is 1. The van der Waals surface area contributed by atoms with E-state index in [2.05, 4.69) is 39.3 Å². The lowest BCUT2D eigenvalue weighted by Crippen LogP contribution is -2.45. The Bertz CT molecular complexity index is 1160. The average Bonchev–Trinajstić information content (AvgIpc) is 2.76. The first kappa shape index (κ1) is 24.8. The molecule has 1 unspecified atom stereocenters. The summed E-state index contributed by atoms with van der Waals surface area (Å²) in [5.74, 6) is 0.641. The molecule has 2 aromatic rings. The highest BCUT2D eigenvalue weighted by Gasteiger charge is 2.32. The van der Waals surface area contributed by atoms with E-state index in [0.29, 0.717) is 33.4 Å². The molecule has 1 heterocycles. The van der Waals surface area contributed by atoms with Crippen LogP contribution in [0.1, 0.15) is 43.5 Å². The number of ether oxygens (including phenoxy) is 3. The number of hydrogen-bond acceptors (Lipinski definition) is 6. The molecule has 172 valence electrons. The van der Waals surface area contributed by atoms with Crippen LogP contribution in [0.15, 0.2) is 47.7 Å². The topological polar surface area (TPSA) is 92.6 Å². The Morgan fingerprint density at radius 1 is 1.30 bits per heavy atom. The predicted octanol–water partition coefficient (Wildman–Crippen LogP) is 4.49. The van der Waals surface area contributed by atoms with Gasteiger partial charge < -0.3 is 24.8 Å². The zero-order chi connectivity index (χ0) is 24.1. The lowest BCUT2D eigenvalue weighted by Gasteiger charge is -2.30. The molecule has 0 radical (unpaired) electrons. The summed E-state index contributed by atoms with van der Waals surface area (Å²) in [4.78, 5) is 12.8. The molecular formula is C24H24IN3O4S. The van der Waals surface area contributed by atoms with Gasteiger partial charge in [0.15, 0.2) is 16.6 Å². The minimum atomic E-state index is -0.513. The SMILES string of the molecule is COc1cc(C2NC(=S)NC(C)=C2C(=O)OC(C)C)cc(I)c1OCc1ccccc1C#N. The van der Waals surface area contributed by atoms with Gasteiger partial charge >= 0.3 is 5.97 Å². The van der Waals surface area contributed by atoms with Crippen LogP contribution in [0.4, 0.5) is 0 Å². The van der Waals surface area contributed by atoms with Crippen LogP contribution >= 0.6 is 34.8 Å². The second-order valence-corrected chi connectivity index (χ2v) is 9.19. The van der Waals surface area contributed by atoms with Crippen molar-refractivity contribution in [3.8, 4) is 17.6 Å². The molecule has 0 bridgehead atoms. The minimum Gasteiger partial charge on any atom is -0.493 e. The highest BCUT2D eigenvalue weighted by atomic mass is 127. The normalized spacial score (nSPS) is 15.4. The minimum absolute atomic E-state index is 0.218. The lowest BCUT2D eigenvalue weighted by molar-refractivity contribution is -0.143. The monoisotopic (exact) mass is 577 g/mol. The molecule has 2 N–H and O–H groups in total. The van der Waals surface area contributed by atoms with Crippen molar-refractivity contribution in [3.05, 3.63) is 67.9 Å². The summed E-state index contributed by atoms with van der Waals surface area (Å²) in [5, 5.41) is 15.9. The van der Waals surface area contributed by atoms with Gasteiger partial charge in [-0.05, 0) is 79.3 Å². The number of rotatable bonds is 7. The molecule has 7 nitrogen and oxygen atoms in total. The Balaban J connectivity index is 1.96. The first-order valence-corrected chi connectivity index (χ1v) is 11.7. The summed E-state index contributed by atoms with van der Waals surface area (Å²) in [5.41, 5.74) is 3.21. The molecule has 0 amide bonds. The van der Waals surface area contributed by atoms with Gasteiger partial charge in [0.25, 0.3) is 0 Å². The van der Waals surface area contributed by atoms with E-state index >= 15 is 0 Å². The van der Waals surface area contributed by atoms with Gasteiger partial charge in [0.05, 0.1) is 40.0 Å². The summed E-state index contributed by atoms with van der Waals surface area (Å²) < 4.78 is 17.9. The van der Waals surface area contributed by atoms with Gasteiger partial charge in [-0.25, -0.2) is 4.79 Å². The zero-order valence-electron chi connectivity index (χ0n) is 18.7. The molecule has 9 heteroatoms. The molecule has 0 saturated heterocycles. The van der Waals surface area contributed by atoms with Crippen LogP contribution in [0.3, 0.4) is 0 Å². The van der Waals surface area contributed by atoms with E-state index in [1.165, 1.54) is 0 Å². The van der Waals surface area contributed by atoms with Gasteiger partial charge in [-0.15, -0.1) is 0 Å². The smallest absolute Gasteiger partial charge is 0.338 e. The number of benzene rings is 2. The van der Waals surface area contributed by atoms with Crippen molar-refractivity contribution in [2.45, 2.75) is 39.5 Å². The zero-order valence-corrected chi connectivity index (χ0v) is 21.7. The third-order valence-electron chi connectivity index (χ3n) is 4.93. The van der Waals surface area contributed by atoms with Crippen LogP contribution in [-0.4, -0.2) is 24.3 Å². The molecule has 1 atom stereocenters. The highest BCUT2D eigenvalue weighted by molar-refractivity contribution is 14.1. The van der Waals surface area contributed by atoms with E-state index in [4.69, 9.17) is 26.4 Å². The van der Waals surface area contributed by atoms with E-state index in [1.54, 1.807) is 33.9 Å². The molecule has 1 aliphatic heterocycles. The van der Waals surface area contributed by atoms with Crippen LogP contribution < -0.4 is 20.1 Å². The number of carbonyl (C=O) groups excluding carboxylic acids is 1. The fourth-order valence-electron chi connectivity index (χ4n) is 3.44. The van der Waals surface area contributed by atoms with Crippen molar-refractivity contribution in [2.75, 3.05) is 7.11 Å². The molecule has 1 aliphatic rings. The molecule has 2 aromatic carbocycles. The molecule has 3 rings (SSSR count). The van der Waals surface area contributed by atoms with Gasteiger partial charge in [0.2, 0.25) is 0 Å². The molecule has 0 saturated carbocycles. The Morgan fingerprint density at radius 2 is 2.03 bits per heavy atom. The Hall–Kier alpha value is -2.84. The van der Waals surface area contributed by atoms with Crippen LogP contribution in [0.25, 0.3) is 0 Å². The second kappa shape index (κ2) is 10.9. The Morgan fingerprint density at radius 3 is 2.70 bits per heavy atom. The maximum Gasteiger partial charge on any atom is 0.338 e. The van der Waals surface area contributed by atoms with Crippen molar-refractivity contribution >= 4 is 45.9 Å². The van der Waals surface area contributed by atoms with Gasteiger partial charge in [-0.2, -0.15) is 5.26 Å². The van der Waals surface area contributed by atoms with Crippen LogP contribution in [0.5, 0.6) is 11.5 Å². The van der Waals surface area contributed by atoms with Crippen molar-refractivity contribution in [3.63, 3.8) is 0 Å². The van der Waals surface area contributed by atoms with Crippen LogP contribution in [0.2, 0.25) is 0 Å². The van der Waals surface area contributed by atoms with Crippen molar-refractivity contribution in [1.82, 2.24) is 10.6 Å². The number of nitrogens with zero attached hydrogens (tertiary/aromatic N) is 1. The van der Waals surface area contributed by atoms with Gasteiger partial charge in [0, 0.05) is 11.3 Å². The largest absolute Gasteiger partial charge is 0.493 e. The number of nitriles is 1. The maximum absolute atomic E-state index is 12.8. The van der Waals surface area contributed by atoms with E-state index in [1.807, 2.05) is 30.3 Å². The lowest BCUT2D eigenvalue weighted by atomic mass is 9.95. The predicted molar refractivity (Wildman–Crippen MR) is 137 cm³/mol. The third-order valence-corrected chi connectivity index (χ3v) is 5.95. The molecule has 0 spiro atoms. The summed E-state index contributed by atoms with van der Waals surface area (Å²) >= 11 is 7.50. The number of esters is 1. The van der Waals surface area contributed by atoms with Crippen LogP contribution in [-0.2, 0) is 16.1 Å². The average molecular weight is 577 g/mol. The summed E-state index contributed by atoms with van der Waals surface area (Å²) in [7, 11) is 1.56. The molecule has 0 aromatic heterocycles. The fraction of sp³-hybridized carbons (Fsp3) is 0.292. The van der Waals surface area contributed by atoms with Crippen molar-refractivity contribution in [2.24, 2.45) is 0 Å². The molecule has 33 heavy (non-hydrogen) atoms. The van der Waals surface area contributed by atoms with E-state index in [0.717, 1.165) is 14.7 Å². The number of methoxy groups -OCH3 is 1.